The van der Waals surface area contributed by atoms with Gasteiger partial charge in [-0.3, -0.25) is 14.9 Å². The van der Waals surface area contributed by atoms with Gasteiger partial charge in [0.25, 0.3) is 0 Å². The number of hydrogen-bond acceptors (Lipinski definition) is 3. The standard InChI is InChI=1S/C22H20F3N3/c1-14-21(24)17(13-18(23)22(14)25)16-5-10-28(11-6-16)9-4-15-2-3-19-20(12-15)27-8-7-26-19/h2-3,5,7-8,12-13H,4,6,9-11H2,1H3. The molecule has 3 aromatic rings. The van der Waals surface area contributed by atoms with Crippen LogP contribution in [-0.4, -0.2) is 34.5 Å². The summed E-state index contributed by atoms with van der Waals surface area (Å²) in [5.74, 6) is -2.79. The molecule has 0 saturated carbocycles. The van der Waals surface area contributed by atoms with E-state index in [0.717, 1.165) is 42.2 Å². The van der Waals surface area contributed by atoms with Gasteiger partial charge >= 0.3 is 0 Å². The van der Waals surface area contributed by atoms with Gasteiger partial charge in [0, 0.05) is 43.2 Å². The third-order valence-electron chi connectivity index (χ3n) is 5.27. The highest BCUT2D eigenvalue weighted by atomic mass is 19.2. The Kier molecular flexibility index (Phi) is 5.13. The average molecular weight is 383 g/mol. The molecular weight excluding hydrogens is 363 g/mol. The maximum Gasteiger partial charge on any atom is 0.164 e. The third kappa shape index (κ3) is 3.64. The molecule has 1 aliphatic heterocycles. The zero-order valence-corrected chi connectivity index (χ0v) is 15.6. The Balaban J connectivity index is 1.43. The summed E-state index contributed by atoms with van der Waals surface area (Å²) in [6, 6.07) is 7.05. The van der Waals surface area contributed by atoms with Crippen LogP contribution in [0.4, 0.5) is 13.2 Å². The molecule has 2 heterocycles. The molecular formula is C22H20F3N3. The second kappa shape index (κ2) is 7.72. The lowest BCUT2D eigenvalue weighted by molar-refractivity contribution is 0.305. The zero-order chi connectivity index (χ0) is 19.7. The lowest BCUT2D eigenvalue weighted by Crippen LogP contribution is -2.30. The van der Waals surface area contributed by atoms with Crippen molar-refractivity contribution in [3.05, 3.63) is 76.9 Å². The van der Waals surface area contributed by atoms with Gasteiger partial charge in [-0.2, -0.15) is 0 Å². The Bertz CT molecular complexity index is 1060. The minimum atomic E-state index is -1.11. The van der Waals surface area contributed by atoms with Crippen molar-refractivity contribution in [2.75, 3.05) is 19.6 Å². The van der Waals surface area contributed by atoms with E-state index < -0.39 is 17.5 Å². The number of nitrogens with zero attached hydrogens (tertiary/aromatic N) is 3. The average Bonchev–Trinajstić information content (AvgIpc) is 2.73. The van der Waals surface area contributed by atoms with Gasteiger partial charge in [0.2, 0.25) is 0 Å². The Morgan fingerprint density at radius 2 is 1.79 bits per heavy atom. The van der Waals surface area contributed by atoms with Crippen LogP contribution in [0.25, 0.3) is 16.6 Å². The molecule has 144 valence electrons. The quantitative estimate of drug-likeness (QED) is 0.612. The van der Waals surface area contributed by atoms with Crippen LogP contribution in [0.15, 0.2) is 42.7 Å². The van der Waals surface area contributed by atoms with Gasteiger partial charge in [-0.25, -0.2) is 13.2 Å². The first-order valence-corrected chi connectivity index (χ1v) is 9.28. The number of halogens is 3. The molecule has 4 rings (SSSR count). The first kappa shape index (κ1) is 18.6. The zero-order valence-electron chi connectivity index (χ0n) is 15.6. The molecule has 0 amide bonds. The van der Waals surface area contributed by atoms with Crippen molar-refractivity contribution in [2.45, 2.75) is 19.8 Å². The summed E-state index contributed by atoms with van der Waals surface area (Å²) in [6.45, 7) is 3.52. The van der Waals surface area contributed by atoms with Gasteiger partial charge in [-0.05, 0) is 49.1 Å². The van der Waals surface area contributed by atoms with Crippen LogP contribution in [-0.2, 0) is 6.42 Å². The highest BCUT2D eigenvalue weighted by molar-refractivity contribution is 5.74. The van der Waals surface area contributed by atoms with Crippen LogP contribution in [0, 0.1) is 24.4 Å². The molecule has 1 aromatic heterocycles. The largest absolute Gasteiger partial charge is 0.299 e. The highest BCUT2D eigenvalue weighted by Crippen LogP contribution is 2.29. The second-order valence-electron chi connectivity index (χ2n) is 7.07. The minimum Gasteiger partial charge on any atom is -0.299 e. The number of benzene rings is 2. The van der Waals surface area contributed by atoms with Gasteiger partial charge < -0.3 is 0 Å². The predicted octanol–water partition coefficient (Wildman–Crippen LogP) is 4.69. The van der Waals surface area contributed by atoms with Crippen LogP contribution in [0.2, 0.25) is 0 Å². The van der Waals surface area contributed by atoms with E-state index in [1.165, 1.54) is 12.5 Å². The van der Waals surface area contributed by atoms with E-state index in [1.54, 1.807) is 12.4 Å². The van der Waals surface area contributed by atoms with Crippen molar-refractivity contribution in [2.24, 2.45) is 0 Å². The van der Waals surface area contributed by atoms with Crippen molar-refractivity contribution < 1.29 is 13.2 Å². The maximum absolute atomic E-state index is 14.3. The van der Waals surface area contributed by atoms with Crippen molar-refractivity contribution in [1.82, 2.24) is 14.9 Å². The molecule has 0 atom stereocenters. The van der Waals surface area contributed by atoms with Crippen LogP contribution >= 0.6 is 0 Å². The van der Waals surface area contributed by atoms with E-state index >= 15 is 0 Å². The fourth-order valence-corrected chi connectivity index (χ4v) is 3.58. The van der Waals surface area contributed by atoms with Gasteiger partial charge in [0.15, 0.2) is 11.6 Å². The highest BCUT2D eigenvalue weighted by Gasteiger charge is 2.20. The number of fused-ring (bicyclic) bond motifs is 1. The first-order chi connectivity index (χ1) is 13.5. The summed E-state index contributed by atoms with van der Waals surface area (Å²) in [5, 5.41) is 0. The number of hydrogen-bond donors (Lipinski definition) is 0. The molecule has 1 aliphatic rings. The van der Waals surface area contributed by atoms with Crippen LogP contribution in [0.1, 0.15) is 23.1 Å². The van der Waals surface area contributed by atoms with Crippen molar-refractivity contribution in [1.29, 1.82) is 0 Å². The minimum absolute atomic E-state index is 0.171. The predicted molar refractivity (Wildman–Crippen MR) is 103 cm³/mol. The molecule has 0 spiro atoms. The van der Waals surface area contributed by atoms with E-state index in [2.05, 4.69) is 20.9 Å². The van der Waals surface area contributed by atoms with Crippen LogP contribution in [0.5, 0.6) is 0 Å². The fourth-order valence-electron chi connectivity index (χ4n) is 3.58. The van der Waals surface area contributed by atoms with Gasteiger partial charge in [0.05, 0.1) is 11.0 Å². The smallest absolute Gasteiger partial charge is 0.164 e. The molecule has 0 radical (unpaired) electrons. The summed E-state index contributed by atoms with van der Waals surface area (Å²) in [6.07, 6.45) is 6.74. The Morgan fingerprint density at radius 3 is 2.54 bits per heavy atom. The maximum atomic E-state index is 14.3. The lowest BCUT2D eigenvalue weighted by atomic mass is 9.96. The Labute approximate surface area is 161 Å². The summed E-state index contributed by atoms with van der Waals surface area (Å²) >= 11 is 0. The van der Waals surface area contributed by atoms with Crippen LogP contribution < -0.4 is 0 Å². The second-order valence-corrected chi connectivity index (χ2v) is 7.07. The Morgan fingerprint density at radius 1 is 1.00 bits per heavy atom. The van der Waals surface area contributed by atoms with E-state index in [9.17, 15) is 13.2 Å². The Hall–Kier alpha value is -2.73. The molecule has 0 N–H and O–H groups in total. The lowest BCUT2D eigenvalue weighted by Gasteiger charge is -2.27. The SMILES string of the molecule is Cc1c(F)c(F)cc(C2=CCN(CCc3ccc4nccnc4c3)CC2)c1F. The number of rotatable bonds is 4. The van der Waals surface area contributed by atoms with E-state index in [1.807, 2.05) is 18.2 Å². The van der Waals surface area contributed by atoms with Crippen molar-refractivity contribution in [3.63, 3.8) is 0 Å². The summed E-state index contributed by atoms with van der Waals surface area (Å²) in [4.78, 5) is 10.9. The molecule has 6 heteroatoms. The van der Waals surface area contributed by atoms with Crippen molar-refractivity contribution >= 4 is 16.6 Å². The monoisotopic (exact) mass is 383 g/mol. The summed E-state index contributed by atoms with van der Waals surface area (Å²) < 4.78 is 41.5. The fraction of sp³-hybridized carbons (Fsp3) is 0.273. The first-order valence-electron chi connectivity index (χ1n) is 9.28. The van der Waals surface area contributed by atoms with Gasteiger partial charge in [-0.15, -0.1) is 0 Å². The summed E-state index contributed by atoms with van der Waals surface area (Å²) in [5.41, 5.74) is 3.58. The molecule has 0 aliphatic carbocycles. The molecule has 0 bridgehead atoms. The normalized spacial score (nSPS) is 15.1. The number of aromatic nitrogens is 2. The molecule has 0 saturated heterocycles. The molecule has 0 unspecified atom stereocenters. The van der Waals surface area contributed by atoms with Crippen LogP contribution in [0.3, 0.4) is 0 Å². The molecule has 2 aromatic carbocycles. The topological polar surface area (TPSA) is 29.0 Å². The molecule has 28 heavy (non-hydrogen) atoms. The molecule has 0 fully saturated rings. The van der Waals surface area contributed by atoms with Gasteiger partial charge in [0.1, 0.15) is 5.82 Å². The van der Waals surface area contributed by atoms with E-state index in [-0.39, 0.29) is 11.1 Å². The molecule has 3 nitrogen and oxygen atoms in total. The van der Waals surface area contributed by atoms with Crippen molar-refractivity contribution in [3.8, 4) is 0 Å². The van der Waals surface area contributed by atoms with E-state index in [4.69, 9.17) is 0 Å². The third-order valence-corrected chi connectivity index (χ3v) is 5.27. The van der Waals surface area contributed by atoms with Gasteiger partial charge in [-0.1, -0.05) is 12.1 Å². The summed E-state index contributed by atoms with van der Waals surface area (Å²) in [7, 11) is 0. The van der Waals surface area contributed by atoms with E-state index in [0.29, 0.717) is 13.0 Å².